The number of nitrogens with zero attached hydrogens (tertiary/aromatic N) is 2. The Morgan fingerprint density at radius 1 is 1.38 bits per heavy atom. The van der Waals surface area contributed by atoms with Crippen LogP contribution in [-0.4, -0.2) is 30.0 Å². The van der Waals surface area contributed by atoms with Gasteiger partial charge in [-0.15, -0.1) is 0 Å². The molecule has 3 heteroatoms. The molecule has 3 rings (SSSR count). The smallest absolute Gasteiger partial charge is 0.0706 e. The number of aryl methyl sites for hydroxylation is 2. The molecule has 2 aromatic rings. The van der Waals surface area contributed by atoms with Crippen molar-refractivity contribution in [2.24, 2.45) is 5.92 Å². The Labute approximate surface area is 127 Å². The van der Waals surface area contributed by atoms with Gasteiger partial charge in [0.25, 0.3) is 0 Å². The van der Waals surface area contributed by atoms with Crippen molar-refractivity contribution in [1.29, 1.82) is 0 Å². The fourth-order valence-electron chi connectivity index (χ4n) is 3.49. The number of anilines is 1. The number of rotatable bonds is 4. The molecular weight excluding hydrogens is 258 g/mol. The van der Waals surface area contributed by atoms with Gasteiger partial charge >= 0.3 is 0 Å². The Hall–Kier alpha value is -1.61. The molecule has 2 heterocycles. The van der Waals surface area contributed by atoms with Crippen LogP contribution in [0.3, 0.4) is 0 Å². The van der Waals surface area contributed by atoms with Crippen molar-refractivity contribution >= 4 is 16.6 Å². The molecule has 1 aliphatic heterocycles. The van der Waals surface area contributed by atoms with E-state index in [1.807, 2.05) is 6.20 Å². The zero-order chi connectivity index (χ0) is 14.8. The van der Waals surface area contributed by atoms with E-state index in [2.05, 4.69) is 42.1 Å². The molecule has 112 valence electrons. The van der Waals surface area contributed by atoms with Crippen LogP contribution in [-0.2, 0) is 6.42 Å². The van der Waals surface area contributed by atoms with Gasteiger partial charge in [-0.1, -0.05) is 11.6 Å². The average Bonchev–Trinajstić information content (AvgIpc) is 2.87. The van der Waals surface area contributed by atoms with Crippen LogP contribution in [0.15, 0.2) is 24.4 Å². The summed E-state index contributed by atoms with van der Waals surface area (Å²) in [5.74, 6) is 0.867. The molecule has 21 heavy (non-hydrogen) atoms. The molecule has 2 N–H and O–H groups in total. The van der Waals surface area contributed by atoms with Gasteiger partial charge in [-0.05, 0) is 69.8 Å². The lowest BCUT2D eigenvalue weighted by Gasteiger charge is -2.13. The van der Waals surface area contributed by atoms with Gasteiger partial charge in [-0.3, -0.25) is 4.98 Å². The number of fused-ring (bicyclic) bond motifs is 1. The first-order valence-corrected chi connectivity index (χ1v) is 7.96. The molecule has 1 aliphatic rings. The minimum atomic E-state index is 0.844. The van der Waals surface area contributed by atoms with Crippen LogP contribution in [0.2, 0.25) is 0 Å². The molecule has 1 aromatic carbocycles. The summed E-state index contributed by atoms with van der Waals surface area (Å²) in [6.07, 6.45) is 6.75. The summed E-state index contributed by atoms with van der Waals surface area (Å²) in [5.41, 5.74) is 10.6. The highest BCUT2D eigenvalue weighted by Crippen LogP contribution is 2.27. The lowest BCUT2D eigenvalue weighted by molar-refractivity contribution is 0.385. The summed E-state index contributed by atoms with van der Waals surface area (Å²) in [5, 5.41) is 1.23. The predicted molar refractivity (Wildman–Crippen MR) is 89.4 cm³/mol. The normalized spacial score (nSPS) is 19.4. The van der Waals surface area contributed by atoms with Crippen molar-refractivity contribution in [3.63, 3.8) is 0 Å². The number of hydrogen-bond donors (Lipinski definition) is 1. The van der Waals surface area contributed by atoms with Crippen LogP contribution >= 0.6 is 0 Å². The zero-order valence-electron chi connectivity index (χ0n) is 13.1. The molecule has 0 aliphatic carbocycles. The summed E-state index contributed by atoms with van der Waals surface area (Å²) in [4.78, 5) is 6.88. The number of benzene rings is 1. The minimum Gasteiger partial charge on any atom is -0.397 e. The van der Waals surface area contributed by atoms with Crippen molar-refractivity contribution in [3.05, 3.63) is 35.5 Å². The summed E-state index contributed by atoms with van der Waals surface area (Å²) in [6.45, 7) is 4.64. The molecule has 3 nitrogen and oxygen atoms in total. The number of likely N-dealkylation sites (tertiary alicyclic amines) is 1. The third kappa shape index (κ3) is 3.18. The van der Waals surface area contributed by atoms with Crippen molar-refractivity contribution in [3.8, 4) is 0 Å². The fraction of sp³-hybridized carbons (Fsp3) is 0.500. The number of aromatic nitrogens is 1. The average molecular weight is 283 g/mol. The molecular formula is C18H25N3. The van der Waals surface area contributed by atoms with Crippen LogP contribution < -0.4 is 5.73 Å². The van der Waals surface area contributed by atoms with Crippen LogP contribution in [0.25, 0.3) is 10.9 Å². The van der Waals surface area contributed by atoms with Crippen molar-refractivity contribution in [2.45, 2.75) is 32.6 Å². The van der Waals surface area contributed by atoms with Crippen LogP contribution in [0.1, 0.15) is 30.4 Å². The van der Waals surface area contributed by atoms with Crippen molar-refractivity contribution in [1.82, 2.24) is 9.88 Å². The van der Waals surface area contributed by atoms with Crippen LogP contribution in [0.5, 0.6) is 0 Å². The monoisotopic (exact) mass is 283 g/mol. The molecule has 1 atom stereocenters. The minimum absolute atomic E-state index is 0.844. The Kier molecular flexibility index (Phi) is 4.11. The van der Waals surface area contributed by atoms with Gasteiger partial charge in [0.15, 0.2) is 0 Å². The van der Waals surface area contributed by atoms with E-state index in [0.717, 1.165) is 23.5 Å². The van der Waals surface area contributed by atoms with Gasteiger partial charge in [-0.2, -0.15) is 0 Å². The van der Waals surface area contributed by atoms with E-state index in [-0.39, 0.29) is 0 Å². The summed E-state index contributed by atoms with van der Waals surface area (Å²) >= 11 is 0. The summed E-state index contributed by atoms with van der Waals surface area (Å²) in [7, 11) is 2.22. The van der Waals surface area contributed by atoms with Gasteiger partial charge < -0.3 is 10.6 Å². The fourth-order valence-corrected chi connectivity index (χ4v) is 3.49. The largest absolute Gasteiger partial charge is 0.397 e. The van der Waals surface area contributed by atoms with Gasteiger partial charge in [0.1, 0.15) is 0 Å². The van der Waals surface area contributed by atoms with E-state index >= 15 is 0 Å². The molecule has 0 amide bonds. The lowest BCUT2D eigenvalue weighted by Crippen LogP contribution is -2.14. The molecule has 0 spiro atoms. The maximum atomic E-state index is 6.18. The Balaban J connectivity index is 1.73. The second-order valence-corrected chi connectivity index (χ2v) is 6.52. The third-order valence-corrected chi connectivity index (χ3v) is 4.70. The van der Waals surface area contributed by atoms with E-state index < -0.39 is 0 Å². The Morgan fingerprint density at radius 2 is 2.24 bits per heavy atom. The molecule has 1 unspecified atom stereocenters. The number of hydrogen-bond acceptors (Lipinski definition) is 3. The molecule has 0 saturated carbocycles. The number of pyridine rings is 1. The maximum Gasteiger partial charge on any atom is 0.0706 e. The SMILES string of the molecule is Cc1ccc2ncc(N)c(CCCC3CCN(C)C3)c2c1. The van der Waals surface area contributed by atoms with Gasteiger partial charge in [0.05, 0.1) is 17.4 Å². The van der Waals surface area contributed by atoms with Crippen LogP contribution in [0, 0.1) is 12.8 Å². The highest BCUT2D eigenvalue weighted by molar-refractivity contribution is 5.86. The van der Waals surface area contributed by atoms with E-state index in [4.69, 9.17) is 5.73 Å². The molecule has 0 radical (unpaired) electrons. The molecule has 1 aromatic heterocycles. The summed E-state index contributed by atoms with van der Waals surface area (Å²) < 4.78 is 0. The van der Waals surface area contributed by atoms with E-state index in [1.165, 1.54) is 48.9 Å². The number of nitrogens with two attached hydrogens (primary N) is 1. The standard InChI is InChI=1S/C18H25N3/c1-13-6-7-18-16(10-13)15(17(19)11-20-18)5-3-4-14-8-9-21(2)12-14/h6-7,10-11,14H,3-5,8-9,12,19H2,1-2H3. The topological polar surface area (TPSA) is 42.1 Å². The van der Waals surface area contributed by atoms with E-state index in [1.54, 1.807) is 0 Å². The second-order valence-electron chi connectivity index (χ2n) is 6.52. The van der Waals surface area contributed by atoms with Gasteiger partial charge in [0, 0.05) is 11.9 Å². The third-order valence-electron chi connectivity index (χ3n) is 4.70. The predicted octanol–water partition coefficient (Wildman–Crippen LogP) is 3.40. The quantitative estimate of drug-likeness (QED) is 0.935. The van der Waals surface area contributed by atoms with E-state index in [0.29, 0.717) is 0 Å². The molecule has 0 bridgehead atoms. The zero-order valence-corrected chi connectivity index (χ0v) is 13.1. The highest BCUT2D eigenvalue weighted by Gasteiger charge is 2.19. The first-order valence-electron chi connectivity index (χ1n) is 7.96. The Morgan fingerprint density at radius 3 is 3.00 bits per heavy atom. The second kappa shape index (κ2) is 6.02. The van der Waals surface area contributed by atoms with Crippen LogP contribution in [0.4, 0.5) is 5.69 Å². The molecule has 1 saturated heterocycles. The maximum absolute atomic E-state index is 6.18. The number of nitrogen functional groups attached to an aromatic ring is 1. The lowest BCUT2D eigenvalue weighted by atomic mass is 9.96. The Bertz CT molecular complexity index is 630. The molecule has 1 fully saturated rings. The summed E-state index contributed by atoms with van der Waals surface area (Å²) in [6, 6.07) is 6.43. The van der Waals surface area contributed by atoms with E-state index in [9.17, 15) is 0 Å². The van der Waals surface area contributed by atoms with Gasteiger partial charge in [-0.25, -0.2) is 0 Å². The van der Waals surface area contributed by atoms with Crippen molar-refractivity contribution < 1.29 is 0 Å². The first-order chi connectivity index (χ1) is 10.1. The van der Waals surface area contributed by atoms with Gasteiger partial charge in [0.2, 0.25) is 0 Å². The van der Waals surface area contributed by atoms with Crippen molar-refractivity contribution in [2.75, 3.05) is 25.9 Å². The first kappa shape index (κ1) is 14.3. The highest BCUT2D eigenvalue weighted by atomic mass is 15.1.